The maximum absolute atomic E-state index is 13.4. The number of rotatable bonds is 4. The highest BCUT2D eigenvalue weighted by molar-refractivity contribution is 7.89. The third kappa shape index (κ3) is 2.29. The Labute approximate surface area is 212 Å². The molecule has 196 valence electrons. The van der Waals surface area contributed by atoms with Gasteiger partial charge in [-0.2, -0.15) is 23.5 Å². The van der Waals surface area contributed by atoms with Gasteiger partial charge in [0.1, 0.15) is 6.33 Å². The number of nitrogens with zero attached hydrogens (tertiary/aromatic N) is 5. The van der Waals surface area contributed by atoms with Crippen molar-refractivity contribution in [1.82, 2.24) is 24.3 Å². The Morgan fingerprint density at radius 2 is 1.79 bits per heavy atom. The minimum absolute atomic E-state index is 0.0863. The summed E-state index contributed by atoms with van der Waals surface area (Å²) in [5.41, 5.74) is 8.24. The van der Waals surface area contributed by atoms with E-state index in [0.29, 0.717) is 46.8 Å². The molecule has 0 aliphatic heterocycles. The second-order valence-electron chi connectivity index (χ2n) is 10.5. The molecule has 0 spiro atoms. The second-order valence-corrected chi connectivity index (χ2v) is 12.2. The van der Waals surface area contributed by atoms with Gasteiger partial charge >= 0.3 is 12.1 Å². The van der Waals surface area contributed by atoms with E-state index in [4.69, 9.17) is 15.6 Å². The third-order valence-corrected chi connectivity index (χ3v) is 11.0. The molecule has 0 unspecified atom stereocenters. The van der Waals surface area contributed by atoms with E-state index in [0.717, 1.165) is 11.1 Å². The summed E-state index contributed by atoms with van der Waals surface area (Å²) in [4.78, 5) is 17.4. The molecule has 0 atom stereocenters. The van der Waals surface area contributed by atoms with Gasteiger partial charge in [0.05, 0.1) is 28.3 Å². The van der Waals surface area contributed by atoms with E-state index in [1.54, 1.807) is 28.9 Å². The highest BCUT2D eigenvalue weighted by Gasteiger charge is 3.11. The number of hydrogen-bond donors (Lipinski definition) is 3. The Kier molecular flexibility index (Phi) is 4.07. The van der Waals surface area contributed by atoms with E-state index >= 15 is 0 Å². The van der Waals surface area contributed by atoms with Crippen LogP contribution in [0.3, 0.4) is 0 Å². The van der Waals surface area contributed by atoms with Crippen molar-refractivity contribution in [2.24, 2.45) is 40.9 Å². The number of imidazole rings is 1. The number of aliphatic carboxylic acids is 1. The number of nitrogen functional groups attached to an aromatic ring is 1. The van der Waals surface area contributed by atoms with Gasteiger partial charge in [0.2, 0.25) is 10.0 Å². The highest BCUT2D eigenvalue weighted by Crippen LogP contribution is 3.06. The number of fused-ring (bicyclic) bond motifs is 1. The molecule has 6 fully saturated rings. The molecule has 6 aliphatic rings. The molecule has 2 aromatic heterocycles. The number of aromatic nitrogens is 4. The summed E-state index contributed by atoms with van der Waals surface area (Å²) in [5, 5.41) is 20.9. The molecule has 11 nitrogen and oxygen atoms in total. The number of alkyl halides is 3. The van der Waals surface area contributed by atoms with Gasteiger partial charge in [-0.25, -0.2) is 32.4 Å². The number of nitrogens with two attached hydrogens (primary N) is 1. The van der Waals surface area contributed by atoms with Crippen molar-refractivity contribution < 1.29 is 31.5 Å². The zero-order chi connectivity index (χ0) is 27.2. The maximum Gasteiger partial charge on any atom is 0.490 e. The Morgan fingerprint density at radius 1 is 1.18 bits per heavy atom. The number of sulfonamides is 1. The second kappa shape index (κ2) is 6.62. The zero-order valence-electron chi connectivity index (χ0n) is 19.4. The topological polar surface area (TPSA) is 176 Å². The van der Waals surface area contributed by atoms with E-state index in [9.17, 15) is 26.9 Å². The monoisotopic (exact) mass is 545 g/mol. The summed E-state index contributed by atoms with van der Waals surface area (Å²) in [5.74, 6) is -0.112. The molecule has 38 heavy (non-hydrogen) atoms. The van der Waals surface area contributed by atoms with Crippen LogP contribution in [0.1, 0.15) is 5.56 Å². The first-order valence-corrected chi connectivity index (χ1v) is 13.1. The number of anilines is 1. The lowest BCUT2D eigenvalue weighted by molar-refractivity contribution is -0.606. The smallest absolute Gasteiger partial charge is 0.475 e. The first-order chi connectivity index (χ1) is 17.8. The molecule has 4 N–H and O–H groups in total. The minimum Gasteiger partial charge on any atom is -0.475 e. The van der Waals surface area contributed by atoms with Crippen LogP contribution in [0.5, 0.6) is 0 Å². The van der Waals surface area contributed by atoms with Crippen LogP contribution in [0, 0.1) is 59.2 Å². The Hall–Kier alpha value is -3.77. The molecule has 1 aromatic carbocycles. The molecule has 0 radical (unpaired) electrons. The number of aryl methyl sites for hydroxylation is 1. The van der Waals surface area contributed by atoms with Crippen molar-refractivity contribution in [1.29, 1.82) is 5.26 Å². The molecule has 0 amide bonds. The Morgan fingerprint density at radius 3 is 2.34 bits per heavy atom. The van der Waals surface area contributed by atoms with Crippen LogP contribution in [-0.2, 0) is 14.8 Å². The van der Waals surface area contributed by atoms with Gasteiger partial charge in [-0.3, -0.25) is 0 Å². The van der Waals surface area contributed by atoms with Gasteiger partial charge in [0, 0.05) is 11.1 Å². The summed E-state index contributed by atoms with van der Waals surface area (Å²) in [6.07, 6.45) is -2.10. The highest BCUT2D eigenvalue weighted by atomic mass is 32.2. The number of halogens is 3. The van der Waals surface area contributed by atoms with Gasteiger partial charge in [0.25, 0.3) is 0 Å². The summed E-state index contributed by atoms with van der Waals surface area (Å²) in [6.45, 7) is 1.92. The lowest BCUT2D eigenvalue weighted by atomic mass is 8.94. The van der Waals surface area contributed by atoms with Gasteiger partial charge in [-0.1, -0.05) is 6.07 Å². The third-order valence-electron chi connectivity index (χ3n) is 9.50. The van der Waals surface area contributed by atoms with Gasteiger partial charge < -0.3 is 10.8 Å². The van der Waals surface area contributed by atoms with Crippen molar-refractivity contribution in [2.75, 3.05) is 5.73 Å². The van der Waals surface area contributed by atoms with E-state index in [2.05, 4.69) is 25.9 Å². The standard InChI is InChI=1S/C21H17N7O2S.C2HF3O2/c1-8-2-3-9(4-10(8)11-5-24-19-18(23)25-7-26-28(11)19)31(29,30)27-21-15-12-16(21)14-17(21)13(15)20(12,14)6-22;3-2(4,5)1(6)7/h2-5,7,12-17,27H,1H3,(H2,23,25,26);(H,6,7). The fourth-order valence-corrected chi connectivity index (χ4v) is 9.82. The number of nitriles is 1. The lowest BCUT2D eigenvalue weighted by Gasteiger charge is -3.09. The fourth-order valence-electron chi connectivity index (χ4n) is 8.31. The Balaban J connectivity index is 0.000000309. The molecule has 15 heteroatoms. The normalized spacial score (nSPS) is 36.2. The van der Waals surface area contributed by atoms with E-state index < -0.39 is 22.2 Å². The lowest BCUT2D eigenvalue weighted by Crippen LogP contribution is -3.14. The predicted molar refractivity (Wildman–Crippen MR) is 121 cm³/mol. The molecule has 6 aliphatic carbocycles. The number of carboxylic acids is 1. The average Bonchev–Trinajstić information content (AvgIpc) is 3.29. The zero-order valence-corrected chi connectivity index (χ0v) is 20.2. The van der Waals surface area contributed by atoms with Crippen LogP contribution < -0.4 is 10.5 Å². The fraction of sp³-hybridized carbons (Fsp3) is 0.435. The van der Waals surface area contributed by atoms with Crippen LogP contribution in [-0.4, -0.2) is 50.8 Å². The molecule has 9 rings (SSSR count). The van der Waals surface area contributed by atoms with Crippen LogP contribution >= 0.6 is 0 Å². The molecule has 3 aromatic rings. The molecular formula is C23H18F3N7O4S. The van der Waals surface area contributed by atoms with Gasteiger partial charge in [0.15, 0.2) is 11.5 Å². The number of carbonyl (C=O) groups is 1. The largest absolute Gasteiger partial charge is 0.490 e. The number of hydrogen-bond acceptors (Lipinski definition) is 8. The predicted octanol–water partition coefficient (Wildman–Crippen LogP) is 1.61. The van der Waals surface area contributed by atoms with E-state index in [-0.39, 0.29) is 21.7 Å². The van der Waals surface area contributed by atoms with Gasteiger partial charge in [-0.05, 0) is 60.1 Å². The van der Waals surface area contributed by atoms with Crippen LogP contribution in [0.4, 0.5) is 19.0 Å². The number of benzene rings is 1. The van der Waals surface area contributed by atoms with Crippen LogP contribution in [0.25, 0.3) is 16.9 Å². The van der Waals surface area contributed by atoms with Gasteiger partial charge in [-0.15, -0.1) is 0 Å². The molecular weight excluding hydrogens is 527 g/mol. The van der Waals surface area contributed by atoms with E-state index in [1.165, 1.54) is 6.33 Å². The van der Waals surface area contributed by atoms with Crippen molar-refractivity contribution in [2.45, 2.75) is 23.5 Å². The van der Waals surface area contributed by atoms with Crippen molar-refractivity contribution >= 4 is 27.5 Å². The summed E-state index contributed by atoms with van der Waals surface area (Å²) < 4.78 is 63.1. The summed E-state index contributed by atoms with van der Waals surface area (Å²) in [7, 11) is -3.69. The van der Waals surface area contributed by atoms with Crippen molar-refractivity contribution in [3.05, 3.63) is 36.3 Å². The molecule has 0 saturated heterocycles. The van der Waals surface area contributed by atoms with Crippen LogP contribution in [0.15, 0.2) is 35.6 Å². The number of nitrogens with one attached hydrogen (secondary N) is 1. The summed E-state index contributed by atoms with van der Waals surface area (Å²) in [6, 6.07) is 7.67. The molecule has 2 heterocycles. The molecule has 0 bridgehead atoms. The quantitative estimate of drug-likeness (QED) is 0.440. The maximum atomic E-state index is 13.4. The Bertz CT molecular complexity index is 1690. The number of carboxylic acid groups (broad SMARTS) is 1. The van der Waals surface area contributed by atoms with Crippen molar-refractivity contribution in [3.8, 4) is 17.3 Å². The van der Waals surface area contributed by atoms with Crippen LogP contribution in [0.2, 0.25) is 0 Å². The average molecular weight is 546 g/mol. The first kappa shape index (κ1) is 23.4. The van der Waals surface area contributed by atoms with Crippen molar-refractivity contribution in [3.63, 3.8) is 0 Å². The minimum atomic E-state index is -5.08. The molecule has 6 saturated carbocycles. The first-order valence-electron chi connectivity index (χ1n) is 11.6. The summed E-state index contributed by atoms with van der Waals surface area (Å²) >= 11 is 0. The van der Waals surface area contributed by atoms with E-state index in [1.807, 2.05) is 6.92 Å². The SMILES string of the molecule is Cc1ccc(S(=O)(=O)NC23C4C5C2C2C3C4C52C#N)cc1-c1cnc2c(N)ncnn12.O=C(O)C(F)(F)F.